The van der Waals surface area contributed by atoms with Crippen molar-refractivity contribution in [3.63, 3.8) is 0 Å². The van der Waals surface area contributed by atoms with Crippen molar-refractivity contribution < 1.29 is 9.78 Å². The van der Waals surface area contributed by atoms with Crippen molar-refractivity contribution in [3.05, 3.63) is 30.3 Å². The summed E-state index contributed by atoms with van der Waals surface area (Å²) < 4.78 is 4.19. The van der Waals surface area contributed by atoms with Crippen LogP contribution in [0.5, 0.6) is 0 Å². The van der Waals surface area contributed by atoms with E-state index in [0.717, 1.165) is 0 Å². The minimum absolute atomic E-state index is 0.657. The fourth-order valence-corrected chi connectivity index (χ4v) is 0.696. The highest BCUT2D eigenvalue weighted by atomic mass is 16.6. The van der Waals surface area contributed by atoms with Crippen LogP contribution in [0.25, 0.3) is 0 Å². The van der Waals surface area contributed by atoms with E-state index >= 15 is 0 Å². The van der Waals surface area contributed by atoms with Crippen LogP contribution in [0.4, 0.5) is 0 Å². The van der Waals surface area contributed by atoms with Crippen molar-refractivity contribution in [2.45, 2.75) is 0 Å². The van der Waals surface area contributed by atoms with Crippen LogP contribution in [0, 0.1) is 0 Å². The second-order valence-corrected chi connectivity index (χ2v) is 1.90. The highest BCUT2D eigenvalue weighted by molar-refractivity contribution is 6.59. The van der Waals surface area contributed by atoms with Gasteiger partial charge in [0.15, 0.2) is 0 Å². The van der Waals surface area contributed by atoms with Gasteiger partial charge in [-0.25, -0.2) is 5.90 Å². The second-order valence-electron chi connectivity index (χ2n) is 1.90. The van der Waals surface area contributed by atoms with E-state index in [-0.39, 0.29) is 0 Å². The summed E-state index contributed by atoms with van der Waals surface area (Å²) in [5.41, 5.74) is 0.657. The first-order valence-corrected chi connectivity index (χ1v) is 2.93. The standard InChI is InChI=1S/C6H8BNO2/c8-10-7(9)6-4-2-1-3-5-6/h1-5,9H,8H2. The number of hydrogen-bond acceptors (Lipinski definition) is 3. The zero-order chi connectivity index (χ0) is 7.40. The molecule has 1 rings (SSSR count). The summed E-state index contributed by atoms with van der Waals surface area (Å²) in [4.78, 5) is 0. The molecule has 52 valence electrons. The third-order valence-electron chi connectivity index (χ3n) is 1.21. The van der Waals surface area contributed by atoms with Gasteiger partial charge >= 0.3 is 7.12 Å². The Kier molecular flexibility index (Phi) is 2.45. The zero-order valence-electron chi connectivity index (χ0n) is 5.40. The first kappa shape index (κ1) is 7.27. The summed E-state index contributed by atoms with van der Waals surface area (Å²) in [7, 11) is -1.01. The van der Waals surface area contributed by atoms with Crippen molar-refractivity contribution in [1.82, 2.24) is 0 Å². The molecule has 1 aromatic carbocycles. The van der Waals surface area contributed by atoms with Crippen molar-refractivity contribution in [3.8, 4) is 0 Å². The van der Waals surface area contributed by atoms with Crippen LogP contribution in [-0.4, -0.2) is 12.1 Å². The third-order valence-corrected chi connectivity index (χ3v) is 1.21. The van der Waals surface area contributed by atoms with E-state index in [9.17, 15) is 0 Å². The van der Waals surface area contributed by atoms with E-state index in [4.69, 9.17) is 10.9 Å². The summed E-state index contributed by atoms with van der Waals surface area (Å²) >= 11 is 0. The Bertz CT molecular complexity index is 192. The Morgan fingerprint density at radius 2 is 1.90 bits per heavy atom. The third kappa shape index (κ3) is 1.57. The molecule has 0 atom stereocenters. The minimum Gasteiger partial charge on any atom is -0.422 e. The van der Waals surface area contributed by atoms with E-state index < -0.39 is 7.12 Å². The SMILES string of the molecule is NOB(O)c1ccccc1. The van der Waals surface area contributed by atoms with Crippen molar-refractivity contribution in [1.29, 1.82) is 0 Å². The van der Waals surface area contributed by atoms with Crippen LogP contribution in [0.15, 0.2) is 30.3 Å². The Balaban J connectivity index is 2.75. The van der Waals surface area contributed by atoms with Crippen LogP contribution in [0.1, 0.15) is 0 Å². The van der Waals surface area contributed by atoms with Crippen molar-refractivity contribution in [2.24, 2.45) is 5.90 Å². The molecule has 0 aliphatic rings. The van der Waals surface area contributed by atoms with Crippen LogP contribution in [0.2, 0.25) is 0 Å². The zero-order valence-corrected chi connectivity index (χ0v) is 5.40. The van der Waals surface area contributed by atoms with E-state index in [0.29, 0.717) is 5.46 Å². The maximum absolute atomic E-state index is 8.98. The summed E-state index contributed by atoms with van der Waals surface area (Å²) in [6.45, 7) is 0. The van der Waals surface area contributed by atoms with E-state index in [1.165, 1.54) is 0 Å². The Morgan fingerprint density at radius 1 is 1.30 bits per heavy atom. The number of nitrogens with two attached hydrogens (primary N) is 1. The van der Waals surface area contributed by atoms with Crippen LogP contribution >= 0.6 is 0 Å². The van der Waals surface area contributed by atoms with Crippen molar-refractivity contribution >= 4 is 12.6 Å². The Hall–Kier alpha value is -0.835. The summed E-state index contributed by atoms with van der Waals surface area (Å²) in [5.74, 6) is 4.75. The first-order valence-electron chi connectivity index (χ1n) is 2.93. The molecule has 0 aliphatic heterocycles. The second kappa shape index (κ2) is 3.36. The van der Waals surface area contributed by atoms with Gasteiger partial charge in [-0.05, 0) is 5.46 Å². The lowest BCUT2D eigenvalue weighted by Crippen LogP contribution is -2.35. The Morgan fingerprint density at radius 3 is 2.40 bits per heavy atom. The molecule has 3 nitrogen and oxygen atoms in total. The van der Waals surface area contributed by atoms with Gasteiger partial charge in [0.05, 0.1) is 0 Å². The molecule has 10 heavy (non-hydrogen) atoms. The molecule has 0 fully saturated rings. The van der Waals surface area contributed by atoms with Gasteiger partial charge in [-0.3, -0.25) is 0 Å². The lowest BCUT2D eigenvalue weighted by atomic mass is 9.80. The maximum atomic E-state index is 8.98. The molecule has 0 heterocycles. The first-order chi connectivity index (χ1) is 4.84. The van der Waals surface area contributed by atoms with Gasteiger partial charge in [0.1, 0.15) is 0 Å². The predicted molar refractivity (Wildman–Crippen MR) is 39.3 cm³/mol. The number of benzene rings is 1. The topological polar surface area (TPSA) is 55.5 Å². The average molecular weight is 137 g/mol. The van der Waals surface area contributed by atoms with Gasteiger partial charge < -0.3 is 9.78 Å². The van der Waals surface area contributed by atoms with Crippen molar-refractivity contribution in [2.75, 3.05) is 0 Å². The highest BCUT2D eigenvalue weighted by Crippen LogP contribution is 1.84. The smallest absolute Gasteiger partial charge is 0.422 e. The maximum Gasteiger partial charge on any atom is 0.508 e. The molecular formula is C6H8BNO2. The van der Waals surface area contributed by atoms with E-state index in [2.05, 4.69) is 4.76 Å². The molecule has 0 saturated carbocycles. The van der Waals surface area contributed by atoms with Crippen LogP contribution in [-0.2, 0) is 4.76 Å². The molecule has 0 unspecified atom stereocenters. The summed E-state index contributed by atoms with van der Waals surface area (Å²) in [6.07, 6.45) is 0. The number of hydrogen-bond donors (Lipinski definition) is 2. The molecule has 0 amide bonds. The largest absolute Gasteiger partial charge is 0.508 e. The van der Waals surface area contributed by atoms with Gasteiger partial charge in [-0.15, -0.1) is 0 Å². The summed E-state index contributed by atoms with van der Waals surface area (Å²) in [6, 6.07) is 8.93. The molecule has 0 spiro atoms. The molecule has 0 radical (unpaired) electrons. The molecule has 0 aliphatic carbocycles. The van der Waals surface area contributed by atoms with Gasteiger partial charge in [0, 0.05) is 0 Å². The lowest BCUT2D eigenvalue weighted by Gasteiger charge is -2.00. The predicted octanol–water partition coefficient (Wildman–Crippen LogP) is -0.736. The lowest BCUT2D eigenvalue weighted by molar-refractivity contribution is 0.281. The van der Waals surface area contributed by atoms with Gasteiger partial charge in [0.25, 0.3) is 0 Å². The molecular weight excluding hydrogens is 129 g/mol. The van der Waals surface area contributed by atoms with E-state index in [1.54, 1.807) is 24.3 Å². The molecule has 3 N–H and O–H groups in total. The van der Waals surface area contributed by atoms with Gasteiger partial charge in [-0.2, -0.15) is 0 Å². The summed E-state index contributed by atoms with van der Waals surface area (Å²) in [5, 5.41) is 8.98. The normalized spacial score (nSPS) is 9.40. The monoisotopic (exact) mass is 137 g/mol. The minimum atomic E-state index is -1.01. The highest BCUT2D eigenvalue weighted by Gasteiger charge is 2.12. The molecule has 0 bridgehead atoms. The average Bonchev–Trinajstić information content (AvgIpc) is 2.05. The van der Waals surface area contributed by atoms with Gasteiger partial charge in [0.2, 0.25) is 0 Å². The quantitative estimate of drug-likeness (QED) is 0.417. The van der Waals surface area contributed by atoms with Crippen LogP contribution in [0.3, 0.4) is 0 Å². The fourth-order valence-electron chi connectivity index (χ4n) is 0.696. The van der Waals surface area contributed by atoms with Crippen LogP contribution < -0.4 is 11.4 Å². The molecule has 1 aromatic rings. The van der Waals surface area contributed by atoms with E-state index in [1.807, 2.05) is 6.07 Å². The number of rotatable bonds is 2. The molecule has 0 saturated heterocycles. The molecule has 0 aromatic heterocycles. The molecule has 4 heteroatoms. The fraction of sp³-hybridized carbons (Fsp3) is 0. The Labute approximate surface area is 59.5 Å². The van der Waals surface area contributed by atoms with Gasteiger partial charge in [-0.1, -0.05) is 30.3 Å².